The third-order valence-corrected chi connectivity index (χ3v) is 4.06. The van der Waals surface area contributed by atoms with Gasteiger partial charge in [-0.05, 0) is 18.3 Å². The molecule has 2 aliphatic rings. The molecular formula is C10H11O4-. The fourth-order valence-corrected chi connectivity index (χ4v) is 3.03. The molecule has 4 nitrogen and oxygen atoms in total. The fourth-order valence-electron chi connectivity index (χ4n) is 3.03. The van der Waals surface area contributed by atoms with Gasteiger partial charge in [0.2, 0.25) is 11.6 Å². The summed E-state index contributed by atoms with van der Waals surface area (Å²) in [7, 11) is 0. The van der Waals surface area contributed by atoms with Crippen LogP contribution in [0.15, 0.2) is 0 Å². The highest BCUT2D eigenvalue weighted by Crippen LogP contribution is 2.62. The Balaban J connectivity index is 2.65. The van der Waals surface area contributed by atoms with Gasteiger partial charge in [0.05, 0.1) is 11.4 Å². The van der Waals surface area contributed by atoms with Gasteiger partial charge in [0.1, 0.15) is 0 Å². The number of aliphatic carboxylic acids is 1. The SMILES string of the molecule is CC1(C)[C@H]2CC[C@]1(C(=O)[O-])C(=O)C2=O. The van der Waals surface area contributed by atoms with Crippen molar-refractivity contribution in [2.75, 3.05) is 0 Å². The van der Waals surface area contributed by atoms with Gasteiger partial charge >= 0.3 is 0 Å². The van der Waals surface area contributed by atoms with Crippen LogP contribution >= 0.6 is 0 Å². The molecule has 0 spiro atoms. The number of Topliss-reactive ketones (excluding diaryl/α,β-unsaturated/α-hetero) is 2. The number of ketones is 2. The van der Waals surface area contributed by atoms with Crippen molar-refractivity contribution in [1.82, 2.24) is 0 Å². The lowest BCUT2D eigenvalue weighted by atomic mass is 9.69. The minimum absolute atomic E-state index is 0.248. The van der Waals surface area contributed by atoms with Gasteiger partial charge in [0, 0.05) is 5.92 Å². The van der Waals surface area contributed by atoms with Gasteiger partial charge in [-0.1, -0.05) is 13.8 Å². The summed E-state index contributed by atoms with van der Waals surface area (Å²) < 4.78 is 0. The highest BCUT2D eigenvalue weighted by Gasteiger charge is 2.69. The zero-order valence-corrected chi connectivity index (χ0v) is 8.12. The van der Waals surface area contributed by atoms with Crippen LogP contribution in [0, 0.1) is 16.7 Å². The van der Waals surface area contributed by atoms with Crippen molar-refractivity contribution in [3.63, 3.8) is 0 Å². The molecule has 0 heterocycles. The van der Waals surface area contributed by atoms with Crippen molar-refractivity contribution in [3.8, 4) is 0 Å². The van der Waals surface area contributed by atoms with Crippen LogP contribution in [0.25, 0.3) is 0 Å². The van der Waals surface area contributed by atoms with Crippen LogP contribution in [0.1, 0.15) is 26.7 Å². The first kappa shape index (κ1) is 9.37. The van der Waals surface area contributed by atoms with E-state index in [1.165, 1.54) is 0 Å². The molecule has 0 unspecified atom stereocenters. The summed E-state index contributed by atoms with van der Waals surface area (Å²) in [6, 6.07) is 0. The topological polar surface area (TPSA) is 74.3 Å². The maximum Gasteiger partial charge on any atom is 0.210 e. The van der Waals surface area contributed by atoms with Gasteiger partial charge in [0.25, 0.3) is 0 Å². The first-order chi connectivity index (χ1) is 6.35. The Bertz CT molecular complexity index is 355. The maximum absolute atomic E-state index is 11.6. The molecule has 0 aromatic heterocycles. The Morgan fingerprint density at radius 2 is 2.00 bits per heavy atom. The number of fused-ring (bicyclic) bond motifs is 2. The largest absolute Gasteiger partial charge is 0.549 e. The second-order valence-electron chi connectivity index (χ2n) is 4.70. The zero-order valence-electron chi connectivity index (χ0n) is 8.12. The predicted molar refractivity (Wildman–Crippen MR) is 44.0 cm³/mol. The molecule has 14 heavy (non-hydrogen) atoms. The smallest absolute Gasteiger partial charge is 0.210 e. The molecule has 0 aromatic carbocycles. The third-order valence-electron chi connectivity index (χ3n) is 4.06. The molecule has 2 fully saturated rings. The molecular weight excluding hydrogens is 184 g/mol. The van der Waals surface area contributed by atoms with Gasteiger partial charge in [0.15, 0.2) is 0 Å². The second-order valence-corrected chi connectivity index (χ2v) is 4.70. The lowest BCUT2D eigenvalue weighted by Gasteiger charge is -2.36. The quantitative estimate of drug-likeness (QED) is 0.410. The van der Waals surface area contributed by atoms with E-state index >= 15 is 0 Å². The van der Waals surface area contributed by atoms with Crippen LogP contribution in [0.3, 0.4) is 0 Å². The number of carboxylic acids is 1. The van der Waals surface area contributed by atoms with E-state index in [2.05, 4.69) is 0 Å². The Hall–Kier alpha value is -1.19. The summed E-state index contributed by atoms with van der Waals surface area (Å²) in [5.41, 5.74) is -2.32. The van der Waals surface area contributed by atoms with E-state index in [1.54, 1.807) is 13.8 Å². The molecule has 0 radical (unpaired) electrons. The summed E-state index contributed by atoms with van der Waals surface area (Å²) in [6.07, 6.45) is 0.739. The fraction of sp³-hybridized carbons (Fsp3) is 0.700. The lowest BCUT2D eigenvalue weighted by molar-refractivity contribution is -0.320. The molecule has 0 N–H and O–H groups in total. The standard InChI is InChI=1S/C10H12O4/c1-9(2)5-3-4-10(9,8(13)14)7(12)6(5)11/h5H,3-4H2,1-2H3,(H,13,14)/p-1/t5-,10+/m0/s1. The Labute approximate surface area is 81.3 Å². The summed E-state index contributed by atoms with van der Waals surface area (Å²) >= 11 is 0. The van der Waals surface area contributed by atoms with E-state index in [0.717, 1.165) is 0 Å². The highest BCUT2D eigenvalue weighted by molar-refractivity contribution is 6.46. The molecule has 76 valence electrons. The zero-order chi connectivity index (χ0) is 10.7. The van der Waals surface area contributed by atoms with Crippen LogP contribution in [0.5, 0.6) is 0 Å². The number of hydrogen-bond acceptors (Lipinski definition) is 4. The molecule has 4 heteroatoms. The molecule has 2 saturated carbocycles. The highest BCUT2D eigenvalue weighted by atomic mass is 16.4. The van der Waals surface area contributed by atoms with Crippen molar-refractivity contribution in [3.05, 3.63) is 0 Å². The minimum atomic E-state index is -1.55. The van der Waals surface area contributed by atoms with Crippen LogP contribution in [0.4, 0.5) is 0 Å². The van der Waals surface area contributed by atoms with E-state index < -0.39 is 34.3 Å². The Morgan fingerprint density at radius 3 is 2.29 bits per heavy atom. The first-order valence-electron chi connectivity index (χ1n) is 4.66. The van der Waals surface area contributed by atoms with E-state index in [-0.39, 0.29) is 6.42 Å². The number of carbonyl (C=O) groups excluding carboxylic acids is 3. The van der Waals surface area contributed by atoms with Crippen LogP contribution in [-0.2, 0) is 14.4 Å². The maximum atomic E-state index is 11.6. The van der Waals surface area contributed by atoms with Gasteiger partial charge in [-0.3, -0.25) is 9.59 Å². The normalized spacial score (nSPS) is 39.1. The monoisotopic (exact) mass is 195 g/mol. The average molecular weight is 195 g/mol. The second kappa shape index (κ2) is 2.24. The van der Waals surface area contributed by atoms with Crippen LogP contribution in [0.2, 0.25) is 0 Å². The first-order valence-corrected chi connectivity index (χ1v) is 4.66. The van der Waals surface area contributed by atoms with Gasteiger partial charge < -0.3 is 9.90 Å². The van der Waals surface area contributed by atoms with Crippen molar-refractivity contribution in [2.24, 2.45) is 16.7 Å². The van der Waals surface area contributed by atoms with E-state index in [0.29, 0.717) is 6.42 Å². The summed E-state index contributed by atoms with van der Waals surface area (Å²) in [5.74, 6) is -3.09. The van der Waals surface area contributed by atoms with E-state index in [4.69, 9.17) is 0 Å². The van der Waals surface area contributed by atoms with Gasteiger partial charge in [-0.15, -0.1) is 0 Å². The lowest BCUT2D eigenvalue weighted by Crippen LogP contribution is -2.51. The molecule has 2 atom stereocenters. The van der Waals surface area contributed by atoms with Crippen molar-refractivity contribution in [2.45, 2.75) is 26.7 Å². The number of carboxylic acid groups (broad SMARTS) is 1. The van der Waals surface area contributed by atoms with Gasteiger partial charge in [-0.25, -0.2) is 0 Å². The van der Waals surface area contributed by atoms with E-state index in [1.807, 2.05) is 0 Å². The Morgan fingerprint density at radius 1 is 1.43 bits per heavy atom. The summed E-state index contributed by atoms with van der Waals surface area (Å²) in [6.45, 7) is 3.34. The van der Waals surface area contributed by atoms with Crippen molar-refractivity contribution < 1.29 is 19.5 Å². The molecule has 0 amide bonds. The predicted octanol–water partition coefficient (Wildman–Crippen LogP) is -0.689. The molecule has 2 rings (SSSR count). The number of carbonyl (C=O) groups is 3. The minimum Gasteiger partial charge on any atom is -0.549 e. The molecule has 2 bridgehead atoms. The molecule has 0 aromatic rings. The van der Waals surface area contributed by atoms with Gasteiger partial charge in [-0.2, -0.15) is 0 Å². The summed E-state index contributed by atoms with van der Waals surface area (Å²) in [4.78, 5) is 34.1. The number of rotatable bonds is 1. The average Bonchev–Trinajstić information content (AvgIpc) is 2.41. The summed E-state index contributed by atoms with van der Waals surface area (Å²) in [5, 5.41) is 11.1. The van der Waals surface area contributed by atoms with Crippen molar-refractivity contribution >= 4 is 17.5 Å². The van der Waals surface area contributed by atoms with Crippen LogP contribution in [-0.4, -0.2) is 17.5 Å². The molecule has 0 saturated heterocycles. The Kier molecular flexibility index (Phi) is 1.50. The number of hydrogen-bond donors (Lipinski definition) is 0. The van der Waals surface area contributed by atoms with Crippen molar-refractivity contribution in [1.29, 1.82) is 0 Å². The molecule has 2 aliphatic carbocycles. The van der Waals surface area contributed by atoms with Crippen LogP contribution < -0.4 is 5.11 Å². The van der Waals surface area contributed by atoms with E-state index in [9.17, 15) is 19.5 Å². The molecule has 0 aliphatic heterocycles. The third kappa shape index (κ3) is 0.656.